The Labute approximate surface area is 117 Å². The molecule has 0 saturated carbocycles. The smallest absolute Gasteiger partial charge is 0.238 e. The summed E-state index contributed by atoms with van der Waals surface area (Å²) in [5, 5.41) is 8.77. The highest BCUT2D eigenvalue weighted by Crippen LogP contribution is 2.14. The van der Waals surface area contributed by atoms with E-state index in [2.05, 4.69) is 16.0 Å². The third kappa shape index (κ3) is 5.72. The number of amides is 2. The van der Waals surface area contributed by atoms with E-state index >= 15 is 0 Å². The van der Waals surface area contributed by atoms with Crippen LogP contribution in [0.3, 0.4) is 0 Å². The van der Waals surface area contributed by atoms with E-state index < -0.39 is 6.04 Å². The summed E-state index contributed by atoms with van der Waals surface area (Å²) in [5.41, 5.74) is 0.630. The number of halogens is 1. The van der Waals surface area contributed by atoms with Crippen LogP contribution in [0.2, 0.25) is 5.02 Å². The normalized spacial score (nSPS) is 11.7. The number of nitrogens with one attached hydrogen (secondary N) is 3. The predicted octanol–water partition coefficient (Wildman–Crippen LogP) is 1.39. The van der Waals surface area contributed by atoms with Crippen molar-refractivity contribution in [3.05, 3.63) is 29.3 Å². The van der Waals surface area contributed by atoms with Gasteiger partial charge in [0.05, 0.1) is 12.6 Å². The molecule has 6 heteroatoms. The van der Waals surface area contributed by atoms with Crippen LogP contribution in [0.25, 0.3) is 0 Å². The maximum absolute atomic E-state index is 11.7. The van der Waals surface area contributed by atoms with Gasteiger partial charge < -0.3 is 10.6 Å². The van der Waals surface area contributed by atoms with Crippen molar-refractivity contribution in [3.63, 3.8) is 0 Å². The highest BCUT2D eigenvalue weighted by Gasteiger charge is 2.12. The molecule has 5 nitrogen and oxygen atoms in total. The molecule has 0 radical (unpaired) electrons. The average Bonchev–Trinajstić information content (AvgIpc) is 2.36. The first-order chi connectivity index (χ1) is 9.02. The van der Waals surface area contributed by atoms with Crippen LogP contribution in [0, 0.1) is 0 Å². The predicted molar refractivity (Wildman–Crippen MR) is 76.2 cm³/mol. The molecule has 0 aliphatic rings. The van der Waals surface area contributed by atoms with E-state index in [1.165, 1.54) is 0 Å². The van der Waals surface area contributed by atoms with Crippen LogP contribution in [0.1, 0.15) is 13.8 Å². The summed E-state index contributed by atoms with van der Waals surface area (Å²) in [5.74, 6) is -0.350. The van der Waals surface area contributed by atoms with Crippen LogP contribution in [-0.4, -0.2) is 30.9 Å². The molecule has 1 atom stereocenters. The molecule has 1 rings (SSSR count). The van der Waals surface area contributed by atoms with Gasteiger partial charge in [0, 0.05) is 17.3 Å². The maximum atomic E-state index is 11.7. The van der Waals surface area contributed by atoms with Gasteiger partial charge in [-0.05, 0) is 32.0 Å². The summed E-state index contributed by atoms with van der Waals surface area (Å²) in [7, 11) is 0. The molecular formula is C13H18ClN3O2. The maximum Gasteiger partial charge on any atom is 0.238 e. The summed E-state index contributed by atoms with van der Waals surface area (Å²) in [6.45, 7) is 4.18. The highest BCUT2D eigenvalue weighted by atomic mass is 35.5. The minimum absolute atomic E-state index is 0.0603. The lowest BCUT2D eigenvalue weighted by atomic mass is 10.3. The second-order valence-corrected chi connectivity index (χ2v) is 4.49. The molecule has 3 N–H and O–H groups in total. The Morgan fingerprint density at radius 1 is 1.37 bits per heavy atom. The second kappa shape index (κ2) is 7.76. The van der Waals surface area contributed by atoms with Crippen molar-refractivity contribution in [3.8, 4) is 0 Å². The fourth-order valence-corrected chi connectivity index (χ4v) is 1.63. The number of benzene rings is 1. The minimum atomic E-state index is -0.412. The van der Waals surface area contributed by atoms with Gasteiger partial charge in [0.1, 0.15) is 0 Å². The van der Waals surface area contributed by atoms with E-state index in [9.17, 15) is 9.59 Å². The highest BCUT2D eigenvalue weighted by molar-refractivity contribution is 6.30. The lowest BCUT2D eigenvalue weighted by Gasteiger charge is -2.13. The van der Waals surface area contributed by atoms with E-state index in [1.54, 1.807) is 31.2 Å². The van der Waals surface area contributed by atoms with Crippen LogP contribution in [0.5, 0.6) is 0 Å². The zero-order chi connectivity index (χ0) is 14.3. The third-order valence-electron chi connectivity index (χ3n) is 2.42. The Morgan fingerprint density at radius 3 is 2.74 bits per heavy atom. The average molecular weight is 284 g/mol. The Morgan fingerprint density at radius 2 is 2.11 bits per heavy atom. The molecule has 0 fully saturated rings. The first kappa shape index (κ1) is 15.5. The van der Waals surface area contributed by atoms with Gasteiger partial charge in [-0.3, -0.25) is 14.9 Å². The Kier molecular flexibility index (Phi) is 6.32. The van der Waals surface area contributed by atoms with Crippen LogP contribution in [0.4, 0.5) is 5.69 Å². The van der Waals surface area contributed by atoms with Gasteiger partial charge in [-0.25, -0.2) is 0 Å². The molecule has 1 unspecified atom stereocenters. The van der Waals surface area contributed by atoms with Crippen molar-refractivity contribution >= 4 is 29.1 Å². The van der Waals surface area contributed by atoms with Crippen molar-refractivity contribution < 1.29 is 9.59 Å². The fraction of sp³-hybridized carbons (Fsp3) is 0.385. The quantitative estimate of drug-likeness (QED) is 0.739. The summed E-state index contributed by atoms with van der Waals surface area (Å²) in [6.07, 6.45) is 0. The molecule has 19 heavy (non-hydrogen) atoms. The van der Waals surface area contributed by atoms with E-state index in [0.29, 0.717) is 17.3 Å². The molecule has 1 aromatic carbocycles. The van der Waals surface area contributed by atoms with Gasteiger partial charge >= 0.3 is 0 Å². The fourth-order valence-electron chi connectivity index (χ4n) is 1.44. The number of anilines is 1. The van der Waals surface area contributed by atoms with Crippen molar-refractivity contribution in [1.29, 1.82) is 0 Å². The Hall–Kier alpha value is -1.59. The Bertz CT molecular complexity index is 451. The number of carbonyl (C=O) groups excluding carboxylic acids is 2. The van der Waals surface area contributed by atoms with Gasteiger partial charge in [0.2, 0.25) is 11.8 Å². The second-order valence-electron chi connectivity index (χ2n) is 4.06. The number of hydrogen-bond acceptors (Lipinski definition) is 3. The van der Waals surface area contributed by atoms with Gasteiger partial charge in [-0.1, -0.05) is 17.7 Å². The standard InChI is InChI=1S/C13H18ClN3O2/c1-3-15-13(19)9(2)16-8-12(18)17-11-6-4-5-10(14)7-11/h4-7,9,16H,3,8H2,1-2H3,(H,15,19)(H,17,18). The van der Waals surface area contributed by atoms with Crippen molar-refractivity contribution in [2.24, 2.45) is 0 Å². The van der Waals surface area contributed by atoms with E-state index in [-0.39, 0.29) is 18.4 Å². The largest absolute Gasteiger partial charge is 0.355 e. The molecule has 0 bridgehead atoms. The van der Waals surface area contributed by atoms with Gasteiger partial charge in [-0.2, -0.15) is 0 Å². The number of hydrogen-bond donors (Lipinski definition) is 3. The van der Waals surface area contributed by atoms with Crippen molar-refractivity contribution in [2.45, 2.75) is 19.9 Å². The first-order valence-electron chi connectivity index (χ1n) is 6.09. The SMILES string of the molecule is CCNC(=O)C(C)NCC(=O)Nc1cccc(Cl)c1. The number of rotatable bonds is 6. The number of carbonyl (C=O) groups is 2. The lowest BCUT2D eigenvalue weighted by molar-refractivity contribution is -0.122. The topological polar surface area (TPSA) is 70.2 Å². The summed E-state index contributed by atoms with van der Waals surface area (Å²) in [4.78, 5) is 23.1. The van der Waals surface area contributed by atoms with E-state index in [4.69, 9.17) is 11.6 Å². The first-order valence-corrected chi connectivity index (χ1v) is 6.47. The molecule has 0 aliphatic heterocycles. The van der Waals surface area contributed by atoms with E-state index in [0.717, 1.165) is 0 Å². The lowest BCUT2D eigenvalue weighted by Crippen LogP contribution is -2.44. The van der Waals surface area contributed by atoms with Crippen LogP contribution >= 0.6 is 11.6 Å². The van der Waals surface area contributed by atoms with E-state index in [1.807, 2.05) is 6.92 Å². The molecule has 0 spiro atoms. The molecule has 1 aromatic rings. The molecule has 104 valence electrons. The third-order valence-corrected chi connectivity index (χ3v) is 2.66. The van der Waals surface area contributed by atoms with Gasteiger partial charge in [0.15, 0.2) is 0 Å². The summed E-state index contributed by atoms with van der Waals surface area (Å²) in [6, 6.07) is 6.48. The molecule has 2 amide bonds. The monoisotopic (exact) mass is 283 g/mol. The zero-order valence-corrected chi connectivity index (χ0v) is 11.8. The number of likely N-dealkylation sites (N-methyl/N-ethyl adjacent to an activating group) is 1. The molecule has 0 aliphatic carbocycles. The van der Waals surface area contributed by atoms with Gasteiger partial charge in [0.25, 0.3) is 0 Å². The summed E-state index contributed by atoms with van der Waals surface area (Å²) < 4.78 is 0. The van der Waals surface area contributed by atoms with Crippen LogP contribution < -0.4 is 16.0 Å². The zero-order valence-electron chi connectivity index (χ0n) is 11.0. The Balaban J connectivity index is 2.38. The van der Waals surface area contributed by atoms with Gasteiger partial charge in [-0.15, -0.1) is 0 Å². The molecule has 0 aromatic heterocycles. The molecule has 0 heterocycles. The molecule has 0 saturated heterocycles. The van der Waals surface area contributed by atoms with Crippen molar-refractivity contribution in [2.75, 3.05) is 18.4 Å². The summed E-state index contributed by atoms with van der Waals surface area (Å²) >= 11 is 5.81. The van der Waals surface area contributed by atoms with Crippen molar-refractivity contribution in [1.82, 2.24) is 10.6 Å². The minimum Gasteiger partial charge on any atom is -0.355 e. The van der Waals surface area contributed by atoms with Crippen LogP contribution in [-0.2, 0) is 9.59 Å². The van der Waals surface area contributed by atoms with Crippen LogP contribution in [0.15, 0.2) is 24.3 Å². The molecular weight excluding hydrogens is 266 g/mol.